The molecule has 3 rings (SSSR count). The largest absolute Gasteiger partial charge is 0.395 e. The Morgan fingerprint density at radius 2 is 2.30 bits per heavy atom. The number of β-amino-alcohol motifs (C(OH)–C–C–N with tert-alkyl or cyclic N) is 1. The van der Waals surface area contributed by atoms with Crippen molar-refractivity contribution in [3.05, 3.63) is 30.6 Å². The quantitative estimate of drug-likeness (QED) is 0.827. The van der Waals surface area contributed by atoms with Crippen LogP contribution in [0.2, 0.25) is 0 Å². The normalized spacial score (nSPS) is 18.3. The SMILES string of the molecule is Cc1nccn1-c1cncc(NC2CCCN(CCO)C2=O)n1. The predicted molar refractivity (Wildman–Crippen MR) is 84.2 cm³/mol. The van der Waals surface area contributed by atoms with E-state index in [1.165, 1.54) is 0 Å². The van der Waals surface area contributed by atoms with E-state index in [0.29, 0.717) is 24.7 Å². The van der Waals surface area contributed by atoms with Crippen molar-refractivity contribution in [2.75, 3.05) is 25.0 Å². The first-order valence-corrected chi connectivity index (χ1v) is 7.67. The number of hydrogen-bond donors (Lipinski definition) is 2. The van der Waals surface area contributed by atoms with Gasteiger partial charge >= 0.3 is 0 Å². The zero-order valence-corrected chi connectivity index (χ0v) is 13.0. The molecule has 1 aliphatic rings. The summed E-state index contributed by atoms with van der Waals surface area (Å²) in [6.07, 6.45) is 8.43. The number of aliphatic hydroxyl groups excluding tert-OH is 1. The van der Waals surface area contributed by atoms with E-state index in [1.807, 2.05) is 17.7 Å². The Morgan fingerprint density at radius 3 is 3.04 bits per heavy atom. The van der Waals surface area contributed by atoms with Crippen LogP contribution in [0, 0.1) is 6.92 Å². The van der Waals surface area contributed by atoms with Gasteiger partial charge in [0.2, 0.25) is 5.91 Å². The third-order valence-electron chi connectivity index (χ3n) is 3.92. The fraction of sp³-hybridized carbons (Fsp3) is 0.467. The van der Waals surface area contributed by atoms with Gasteiger partial charge in [-0.25, -0.2) is 9.97 Å². The summed E-state index contributed by atoms with van der Waals surface area (Å²) in [6, 6.07) is -0.330. The summed E-state index contributed by atoms with van der Waals surface area (Å²) in [4.78, 5) is 26.9. The van der Waals surface area contributed by atoms with Gasteiger partial charge in [0.15, 0.2) is 5.82 Å². The van der Waals surface area contributed by atoms with Crippen LogP contribution in [0.5, 0.6) is 0 Å². The van der Waals surface area contributed by atoms with Gasteiger partial charge in [-0.2, -0.15) is 0 Å². The van der Waals surface area contributed by atoms with Gasteiger partial charge < -0.3 is 15.3 Å². The molecule has 2 aromatic rings. The molecule has 1 fully saturated rings. The van der Waals surface area contributed by atoms with Gasteiger partial charge in [-0.1, -0.05) is 0 Å². The number of aliphatic hydroxyl groups is 1. The van der Waals surface area contributed by atoms with Crippen LogP contribution in [0.1, 0.15) is 18.7 Å². The highest BCUT2D eigenvalue weighted by molar-refractivity contribution is 5.85. The number of aromatic nitrogens is 4. The first-order chi connectivity index (χ1) is 11.2. The number of nitrogens with zero attached hydrogens (tertiary/aromatic N) is 5. The molecule has 0 aliphatic carbocycles. The Hall–Kier alpha value is -2.48. The molecule has 2 N–H and O–H groups in total. The molecule has 0 spiro atoms. The molecule has 0 aromatic carbocycles. The Bertz CT molecular complexity index is 684. The molecule has 1 unspecified atom stereocenters. The zero-order valence-electron chi connectivity index (χ0n) is 13.0. The highest BCUT2D eigenvalue weighted by Gasteiger charge is 2.28. The maximum Gasteiger partial charge on any atom is 0.245 e. The molecular formula is C15H20N6O2. The van der Waals surface area contributed by atoms with Crippen LogP contribution in [0.25, 0.3) is 5.82 Å². The molecule has 1 saturated heterocycles. The standard InChI is InChI=1S/C15H20N6O2/c1-11-17-4-6-21(11)14-10-16-9-13(19-14)18-12-3-2-5-20(7-8-22)15(12)23/h4,6,9-10,12,22H,2-3,5,7-8H2,1H3,(H,18,19). The van der Waals surface area contributed by atoms with Gasteiger partial charge in [0, 0.05) is 25.5 Å². The summed E-state index contributed by atoms with van der Waals surface area (Å²) in [5.74, 6) is 2.02. The average Bonchev–Trinajstić information content (AvgIpc) is 2.98. The van der Waals surface area contributed by atoms with E-state index in [2.05, 4.69) is 20.3 Å². The molecule has 1 atom stereocenters. The van der Waals surface area contributed by atoms with Gasteiger partial charge in [0.25, 0.3) is 0 Å². The number of imidazole rings is 1. The molecular weight excluding hydrogens is 296 g/mol. The van der Waals surface area contributed by atoms with E-state index in [4.69, 9.17) is 5.11 Å². The molecule has 122 valence electrons. The Labute approximate surface area is 134 Å². The van der Waals surface area contributed by atoms with E-state index < -0.39 is 0 Å². The lowest BCUT2D eigenvalue weighted by Crippen LogP contribution is -2.48. The number of carbonyl (C=O) groups excluding carboxylic acids is 1. The highest BCUT2D eigenvalue weighted by atomic mass is 16.3. The average molecular weight is 316 g/mol. The minimum absolute atomic E-state index is 0.00341. The van der Waals surface area contributed by atoms with Crippen molar-refractivity contribution in [3.8, 4) is 5.82 Å². The van der Waals surface area contributed by atoms with Crippen molar-refractivity contribution >= 4 is 11.7 Å². The Balaban J connectivity index is 1.75. The van der Waals surface area contributed by atoms with E-state index in [0.717, 1.165) is 18.7 Å². The number of hydrogen-bond acceptors (Lipinski definition) is 6. The predicted octanol–water partition coefficient (Wildman–Crippen LogP) is 0.366. The Kier molecular flexibility index (Phi) is 4.52. The molecule has 1 aliphatic heterocycles. The smallest absolute Gasteiger partial charge is 0.245 e. The van der Waals surface area contributed by atoms with Crippen LogP contribution in [-0.2, 0) is 4.79 Å². The maximum atomic E-state index is 12.4. The van der Waals surface area contributed by atoms with E-state index >= 15 is 0 Å². The van der Waals surface area contributed by atoms with Crippen molar-refractivity contribution in [1.82, 2.24) is 24.4 Å². The summed E-state index contributed by atoms with van der Waals surface area (Å²) in [6.45, 7) is 2.93. The fourth-order valence-electron chi connectivity index (χ4n) is 2.76. The third-order valence-corrected chi connectivity index (χ3v) is 3.92. The van der Waals surface area contributed by atoms with Crippen LogP contribution < -0.4 is 5.32 Å². The second-order valence-corrected chi connectivity index (χ2v) is 5.50. The minimum atomic E-state index is -0.330. The van der Waals surface area contributed by atoms with Gasteiger partial charge in [0.05, 0.1) is 19.0 Å². The van der Waals surface area contributed by atoms with Gasteiger partial charge in [-0.05, 0) is 19.8 Å². The topological polar surface area (TPSA) is 96.2 Å². The number of carbonyl (C=O) groups is 1. The summed E-state index contributed by atoms with van der Waals surface area (Å²) < 4.78 is 1.83. The van der Waals surface area contributed by atoms with E-state index in [1.54, 1.807) is 23.5 Å². The third kappa shape index (κ3) is 3.31. The van der Waals surface area contributed by atoms with Crippen LogP contribution in [0.4, 0.5) is 5.82 Å². The number of aryl methyl sites for hydroxylation is 1. The summed E-state index contributed by atoms with van der Waals surface area (Å²) in [5.41, 5.74) is 0. The van der Waals surface area contributed by atoms with Crippen LogP contribution >= 0.6 is 0 Å². The lowest BCUT2D eigenvalue weighted by atomic mass is 10.0. The summed E-state index contributed by atoms with van der Waals surface area (Å²) in [5, 5.41) is 12.2. The van der Waals surface area contributed by atoms with E-state index in [9.17, 15) is 4.79 Å². The molecule has 0 bridgehead atoms. The molecule has 8 heteroatoms. The van der Waals surface area contributed by atoms with Gasteiger partial charge in [-0.15, -0.1) is 0 Å². The number of anilines is 1. The molecule has 23 heavy (non-hydrogen) atoms. The van der Waals surface area contributed by atoms with Crippen LogP contribution in [-0.4, -0.2) is 61.2 Å². The van der Waals surface area contributed by atoms with Crippen molar-refractivity contribution in [2.24, 2.45) is 0 Å². The first kappa shape index (κ1) is 15.4. The zero-order chi connectivity index (χ0) is 16.2. The minimum Gasteiger partial charge on any atom is -0.395 e. The van der Waals surface area contributed by atoms with Crippen LogP contribution in [0.3, 0.4) is 0 Å². The summed E-state index contributed by atoms with van der Waals surface area (Å²) >= 11 is 0. The van der Waals surface area contributed by atoms with Gasteiger partial charge in [-0.3, -0.25) is 14.3 Å². The molecule has 0 saturated carbocycles. The van der Waals surface area contributed by atoms with Gasteiger partial charge in [0.1, 0.15) is 17.7 Å². The molecule has 1 amide bonds. The van der Waals surface area contributed by atoms with Crippen LogP contribution in [0.15, 0.2) is 24.8 Å². The molecule has 2 aromatic heterocycles. The molecule has 0 radical (unpaired) electrons. The number of piperidine rings is 1. The maximum absolute atomic E-state index is 12.4. The number of amides is 1. The molecule has 3 heterocycles. The second kappa shape index (κ2) is 6.74. The lowest BCUT2D eigenvalue weighted by Gasteiger charge is -2.32. The fourth-order valence-corrected chi connectivity index (χ4v) is 2.76. The van der Waals surface area contributed by atoms with Crippen molar-refractivity contribution < 1.29 is 9.90 Å². The van der Waals surface area contributed by atoms with Crippen molar-refractivity contribution in [1.29, 1.82) is 0 Å². The highest BCUT2D eigenvalue weighted by Crippen LogP contribution is 2.16. The number of likely N-dealkylation sites (tertiary alicyclic amines) is 1. The monoisotopic (exact) mass is 316 g/mol. The molecule has 8 nitrogen and oxygen atoms in total. The van der Waals surface area contributed by atoms with E-state index in [-0.39, 0.29) is 18.6 Å². The first-order valence-electron chi connectivity index (χ1n) is 7.67. The Morgan fingerprint density at radius 1 is 1.43 bits per heavy atom. The van der Waals surface area contributed by atoms with Crippen molar-refractivity contribution in [2.45, 2.75) is 25.8 Å². The number of nitrogens with one attached hydrogen (secondary N) is 1. The van der Waals surface area contributed by atoms with Crippen molar-refractivity contribution in [3.63, 3.8) is 0 Å². The number of rotatable bonds is 5. The second-order valence-electron chi connectivity index (χ2n) is 5.50. The summed E-state index contributed by atoms with van der Waals surface area (Å²) in [7, 11) is 0. The lowest BCUT2D eigenvalue weighted by molar-refractivity contribution is -0.134.